The number of amides is 2. The standard InChI is InChI=1S/C36H49ClFN7O5/c37-28-3-4-31-30(25-28)41-33(44(31)13-2-1-9-38)27-45-32-26-40-10-5-29(32)36(35(45)47)7-14-43(15-8-36)34(46)6-19-48-21-23-50-24-22-49-20-18-42-16-11-39-12-17-42/h3-5,10,25-26,39H,1-2,6-9,11-24,27H2. The monoisotopic (exact) mass is 713 g/mol. The number of hydrogen-bond donors (Lipinski definition) is 1. The predicted molar refractivity (Wildman–Crippen MR) is 189 cm³/mol. The van der Waals surface area contributed by atoms with Crippen LogP contribution in [0.25, 0.3) is 11.0 Å². The van der Waals surface area contributed by atoms with E-state index in [1.165, 1.54) is 0 Å². The Morgan fingerprint density at radius 3 is 2.44 bits per heavy atom. The molecular weight excluding hydrogens is 665 g/mol. The molecule has 0 unspecified atom stereocenters. The Kier molecular flexibility index (Phi) is 13.0. The van der Waals surface area contributed by atoms with Crippen molar-refractivity contribution in [3.8, 4) is 0 Å². The number of carbonyl (C=O) groups excluding carboxylic acids is 2. The van der Waals surface area contributed by atoms with Crippen LogP contribution in [0.5, 0.6) is 0 Å². The van der Waals surface area contributed by atoms with Crippen molar-refractivity contribution in [3.05, 3.63) is 53.1 Å². The maximum Gasteiger partial charge on any atom is 0.238 e. The Morgan fingerprint density at radius 2 is 1.68 bits per heavy atom. The molecule has 14 heteroatoms. The number of unbranched alkanes of at least 4 members (excludes halogenated alkanes) is 1. The predicted octanol–water partition coefficient (Wildman–Crippen LogP) is 3.59. The summed E-state index contributed by atoms with van der Waals surface area (Å²) in [5.74, 6) is 0.742. The van der Waals surface area contributed by atoms with Crippen LogP contribution in [-0.4, -0.2) is 128 Å². The molecule has 1 aromatic carbocycles. The number of aryl methyl sites for hydroxylation is 1. The highest BCUT2D eigenvalue weighted by atomic mass is 35.5. The highest BCUT2D eigenvalue weighted by Gasteiger charge is 2.52. The van der Waals surface area contributed by atoms with E-state index in [0.717, 1.165) is 55.0 Å². The van der Waals surface area contributed by atoms with Crippen molar-refractivity contribution < 1.29 is 28.2 Å². The van der Waals surface area contributed by atoms with Crippen molar-refractivity contribution >= 4 is 40.1 Å². The van der Waals surface area contributed by atoms with E-state index in [1.54, 1.807) is 17.3 Å². The second-order valence-corrected chi connectivity index (χ2v) is 13.6. The van der Waals surface area contributed by atoms with Crippen LogP contribution in [0.4, 0.5) is 10.1 Å². The minimum absolute atomic E-state index is 0.00118. The molecule has 2 fully saturated rings. The van der Waals surface area contributed by atoms with E-state index < -0.39 is 5.41 Å². The van der Waals surface area contributed by atoms with Crippen molar-refractivity contribution in [2.75, 3.05) is 97.0 Å². The van der Waals surface area contributed by atoms with Gasteiger partial charge in [0.15, 0.2) is 0 Å². The number of piperazine rings is 1. The van der Waals surface area contributed by atoms with Gasteiger partial charge in [0, 0.05) is 63.6 Å². The first-order valence-electron chi connectivity index (χ1n) is 17.9. The number of halogens is 2. The summed E-state index contributed by atoms with van der Waals surface area (Å²) in [6, 6.07) is 7.49. The van der Waals surface area contributed by atoms with Crippen LogP contribution >= 0.6 is 11.6 Å². The van der Waals surface area contributed by atoms with Gasteiger partial charge in [-0.05, 0) is 55.5 Å². The number of benzene rings is 1. The van der Waals surface area contributed by atoms with Gasteiger partial charge in [0.1, 0.15) is 5.82 Å². The summed E-state index contributed by atoms with van der Waals surface area (Å²) in [6.07, 6.45) is 5.92. The Labute approximate surface area is 298 Å². The third-order valence-electron chi connectivity index (χ3n) is 10.1. The zero-order valence-electron chi connectivity index (χ0n) is 28.8. The van der Waals surface area contributed by atoms with Gasteiger partial charge in [-0.2, -0.15) is 0 Å². The zero-order valence-corrected chi connectivity index (χ0v) is 29.5. The fourth-order valence-electron chi connectivity index (χ4n) is 7.28. The fourth-order valence-corrected chi connectivity index (χ4v) is 7.45. The number of imidazole rings is 1. The molecule has 1 N–H and O–H groups in total. The molecule has 2 aromatic heterocycles. The van der Waals surface area contributed by atoms with Gasteiger partial charge in [-0.3, -0.25) is 23.9 Å². The number of anilines is 1. The van der Waals surface area contributed by atoms with Crippen molar-refractivity contribution in [3.63, 3.8) is 0 Å². The summed E-state index contributed by atoms with van der Waals surface area (Å²) in [5.41, 5.74) is 2.63. The van der Waals surface area contributed by atoms with E-state index in [1.807, 2.05) is 29.2 Å². The molecule has 3 aliphatic rings. The second kappa shape index (κ2) is 17.8. The summed E-state index contributed by atoms with van der Waals surface area (Å²) in [7, 11) is 0. The number of piperidine rings is 1. The number of fused-ring (bicyclic) bond motifs is 3. The molecule has 0 radical (unpaired) electrons. The molecule has 0 bridgehead atoms. The third kappa shape index (κ3) is 8.63. The lowest BCUT2D eigenvalue weighted by Gasteiger charge is -2.38. The molecule has 12 nitrogen and oxygen atoms in total. The zero-order chi connectivity index (χ0) is 34.8. The van der Waals surface area contributed by atoms with Gasteiger partial charge in [0.25, 0.3) is 0 Å². The smallest absolute Gasteiger partial charge is 0.238 e. The normalized spacial score (nSPS) is 17.7. The van der Waals surface area contributed by atoms with Crippen LogP contribution in [0.3, 0.4) is 0 Å². The summed E-state index contributed by atoms with van der Waals surface area (Å²) in [5, 5.41) is 3.93. The quantitative estimate of drug-likeness (QED) is 0.198. The average molecular weight is 714 g/mol. The van der Waals surface area contributed by atoms with E-state index in [2.05, 4.69) is 19.8 Å². The van der Waals surface area contributed by atoms with Crippen LogP contribution in [0.1, 0.15) is 43.5 Å². The van der Waals surface area contributed by atoms with Crippen LogP contribution < -0.4 is 10.2 Å². The number of nitrogens with zero attached hydrogens (tertiary/aromatic N) is 6. The lowest BCUT2D eigenvalue weighted by molar-refractivity contribution is -0.136. The van der Waals surface area contributed by atoms with Crippen molar-refractivity contribution in [1.82, 2.24) is 29.7 Å². The second-order valence-electron chi connectivity index (χ2n) is 13.1. The third-order valence-corrected chi connectivity index (χ3v) is 10.3. The summed E-state index contributed by atoms with van der Waals surface area (Å²) in [4.78, 5) is 42.7. The minimum Gasteiger partial charge on any atom is -0.379 e. The number of rotatable bonds is 18. The average Bonchev–Trinajstić information content (AvgIpc) is 3.58. The largest absolute Gasteiger partial charge is 0.379 e. The van der Waals surface area contributed by atoms with E-state index in [4.69, 9.17) is 30.8 Å². The number of pyridine rings is 1. The number of nitrogens with one attached hydrogen (secondary N) is 1. The molecule has 1 spiro atoms. The number of ether oxygens (including phenoxy) is 3. The molecule has 272 valence electrons. The van der Waals surface area contributed by atoms with Crippen molar-refractivity contribution in [2.24, 2.45) is 0 Å². The van der Waals surface area contributed by atoms with Gasteiger partial charge in [-0.1, -0.05) is 11.6 Å². The lowest BCUT2D eigenvalue weighted by Crippen LogP contribution is -2.50. The van der Waals surface area contributed by atoms with Crippen LogP contribution in [-0.2, 0) is 42.3 Å². The molecule has 3 aliphatic heterocycles. The Bertz CT molecular complexity index is 1580. The SMILES string of the molecule is O=C(CCOCCOCCOCCN1CCNCC1)N1CCC2(CC1)C(=O)N(Cc1nc3cc(Cl)ccc3n1CCCCF)c1cnccc12. The molecule has 0 saturated carbocycles. The number of aromatic nitrogens is 3. The Morgan fingerprint density at radius 1 is 0.940 bits per heavy atom. The van der Waals surface area contributed by atoms with E-state index >= 15 is 0 Å². The maximum atomic E-state index is 14.3. The molecule has 50 heavy (non-hydrogen) atoms. The minimum atomic E-state index is -0.730. The molecule has 2 saturated heterocycles. The van der Waals surface area contributed by atoms with Gasteiger partial charge >= 0.3 is 0 Å². The molecule has 2 amide bonds. The first kappa shape index (κ1) is 36.6. The van der Waals surface area contributed by atoms with Crippen LogP contribution in [0.15, 0.2) is 36.7 Å². The highest BCUT2D eigenvalue weighted by molar-refractivity contribution is 6.31. The summed E-state index contributed by atoms with van der Waals surface area (Å²) < 4.78 is 32.0. The fraction of sp³-hybridized carbons (Fsp3) is 0.611. The van der Waals surface area contributed by atoms with Gasteiger partial charge in [-0.25, -0.2) is 4.98 Å². The number of alkyl halides is 1. The van der Waals surface area contributed by atoms with Crippen LogP contribution in [0.2, 0.25) is 5.02 Å². The van der Waals surface area contributed by atoms with E-state index in [9.17, 15) is 14.0 Å². The van der Waals surface area contributed by atoms with Gasteiger partial charge in [0.05, 0.1) is 87.6 Å². The Balaban J connectivity index is 0.959. The van der Waals surface area contributed by atoms with Gasteiger partial charge in [0.2, 0.25) is 11.8 Å². The van der Waals surface area contributed by atoms with Crippen molar-refractivity contribution in [2.45, 2.75) is 50.6 Å². The topological polar surface area (TPSA) is 114 Å². The molecule has 3 aromatic rings. The first-order valence-corrected chi connectivity index (χ1v) is 18.3. The van der Waals surface area contributed by atoms with Crippen molar-refractivity contribution in [1.29, 1.82) is 0 Å². The molecule has 0 atom stereocenters. The summed E-state index contributed by atoms with van der Waals surface area (Å²) >= 11 is 6.27. The Hall–Kier alpha value is -3.20. The van der Waals surface area contributed by atoms with Crippen LogP contribution in [0, 0.1) is 0 Å². The summed E-state index contributed by atoms with van der Waals surface area (Å²) in [6.45, 7) is 9.57. The molecule has 0 aliphatic carbocycles. The van der Waals surface area contributed by atoms with E-state index in [-0.39, 0.29) is 31.5 Å². The number of hydrogen-bond acceptors (Lipinski definition) is 9. The van der Waals surface area contributed by atoms with Gasteiger partial charge in [-0.15, -0.1) is 0 Å². The lowest BCUT2D eigenvalue weighted by atomic mass is 9.74. The highest BCUT2D eigenvalue weighted by Crippen LogP contribution is 2.48. The molecule has 5 heterocycles. The van der Waals surface area contributed by atoms with E-state index in [0.29, 0.717) is 95.8 Å². The maximum absolute atomic E-state index is 14.3. The number of likely N-dealkylation sites (tertiary alicyclic amines) is 1. The molecular formula is C36H49ClFN7O5. The van der Waals surface area contributed by atoms with Gasteiger partial charge < -0.3 is 33.9 Å². The first-order chi connectivity index (χ1) is 24.5. The number of carbonyl (C=O) groups is 2. The molecule has 6 rings (SSSR count).